The standard InChI is InChI=1S/C10H17N5/c11-8-2-1-5-14(6-8)10-7-15(13-12-10)9-3-4-9/h7-9H,1-6,11H2/t8-/m0/s1. The summed E-state index contributed by atoms with van der Waals surface area (Å²) in [6, 6.07) is 0.912. The fourth-order valence-electron chi connectivity index (χ4n) is 2.15. The van der Waals surface area contributed by atoms with Crippen LogP contribution in [0.15, 0.2) is 6.20 Å². The van der Waals surface area contributed by atoms with E-state index in [1.165, 1.54) is 12.8 Å². The summed E-state index contributed by atoms with van der Waals surface area (Å²) < 4.78 is 2.00. The lowest BCUT2D eigenvalue weighted by atomic mass is 10.1. The van der Waals surface area contributed by atoms with Gasteiger partial charge in [0.2, 0.25) is 0 Å². The number of piperidine rings is 1. The summed E-state index contributed by atoms with van der Waals surface area (Å²) in [7, 11) is 0. The summed E-state index contributed by atoms with van der Waals surface area (Å²) in [5.74, 6) is 0.997. The van der Waals surface area contributed by atoms with Gasteiger partial charge in [-0.05, 0) is 25.7 Å². The first-order valence-electron chi connectivity index (χ1n) is 5.75. The fraction of sp³-hybridized carbons (Fsp3) is 0.800. The Bertz CT molecular complexity index is 343. The minimum Gasteiger partial charge on any atom is -0.352 e. The molecule has 1 aromatic heterocycles. The number of anilines is 1. The molecule has 0 unspecified atom stereocenters. The van der Waals surface area contributed by atoms with E-state index >= 15 is 0 Å². The van der Waals surface area contributed by atoms with Crippen LogP contribution in [-0.2, 0) is 0 Å². The van der Waals surface area contributed by atoms with Gasteiger partial charge in [-0.2, -0.15) is 0 Å². The first-order chi connectivity index (χ1) is 7.33. The molecule has 1 aliphatic heterocycles. The highest BCUT2D eigenvalue weighted by Gasteiger charge is 2.26. The molecule has 2 heterocycles. The molecule has 1 aromatic rings. The van der Waals surface area contributed by atoms with E-state index < -0.39 is 0 Å². The molecule has 1 saturated heterocycles. The Kier molecular flexibility index (Phi) is 2.12. The second-order valence-corrected chi connectivity index (χ2v) is 4.64. The van der Waals surface area contributed by atoms with Gasteiger partial charge in [0.15, 0.2) is 5.82 Å². The summed E-state index contributed by atoms with van der Waals surface area (Å²) >= 11 is 0. The zero-order valence-electron chi connectivity index (χ0n) is 8.84. The lowest BCUT2D eigenvalue weighted by Gasteiger charge is -2.30. The Morgan fingerprint density at radius 2 is 2.20 bits per heavy atom. The lowest BCUT2D eigenvalue weighted by Crippen LogP contribution is -2.43. The highest BCUT2D eigenvalue weighted by molar-refractivity contribution is 5.35. The monoisotopic (exact) mass is 207 g/mol. The Morgan fingerprint density at radius 1 is 1.33 bits per heavy atom. The molecule has 82 valence electrons. The second kappa shape index (κ2) is 3.48. The van der Waals surface area contributed by atoms with Gasteiger partial charge in [0.05, 0.1) is 12.2 Å². The zero-order valence-corrected chi connectivity index (χ0v) is 8.84. The maximum atomic E-state index is 5.94. The van der Waals surface area contributed by atoms with Crippen LogP contribution in [0, 0.1) is 0 Å². The molecule has 5 heteroatoms. The van der Waals surface area contributed by atoms with Crippen LogP contribution in [0.3, 0.4) is 0 Å². The number of nitrogens with zero attached hydrogens (tertiary/aromatic N) is 4. The largest absolute Gasteiger partial charge is 0.352 e. The molecule has 1 saturated carbocycles. The molecule has 0 bridgehead atoms. The Hall–Kier alpha value is -1.10. The molecular formula is C10H17N5. The molecular weight excluding hydrogens is 190 g/mol. The van der Waals surface area contributed by atoms with E-state index in [2.05, 4.69) is 21.4 Å². The van der Waals surface area contributed by atoms with Crippen molar-refractivity contribution in [3.8, 4) is 0 Å². The lowest BCUT2D eigenvalue weighted by molar-refractivity contribution is 0.503. The van der Waals surface area contributed by atoms with Crippen LogP contribution in [0.5, 0.6) is 0 Å². The molecule has 3 rings (SSSR count). The van der Waals surface area contributed by atoms with Crippen LogP contribution >= 0.6 is 0 Å². The van der Waals surface area contributed by atoms with E-state index in [0.717, 1.165) is 31.7 Å². The predicted molar refractivity (Wildman–Crippen MR) is 57.7 cm³/mol. The highest BCUT2D eigenvalue weighted by Crippen LogP contribution is 2.34. The molecule has 2 N–H and O–H groups in total. The molecule has 0 aromatic carbocycles. The van der Waals surface area contributed by atoms with Crippen molar-refractivity contribution in [2.24, 2.45) is 5.73 Å². The minimum atomic E-state index is 0.296. The average molecular weight is 207 g/mol. The maximum Gasteiger partial charge on any atom is 0.171 e. The summed E-state index contributed by atoms with van der Waals surface area (Å²) in [6.07, 6.45) is 6.87. The van der Waals surface area contributed by atoms with Crippen molar-refractivity contribution in [2.45, 2.75) is 37.8 Å². The molecule has 0 amide bonds. The predicted octanol–water partition coefficient (Wildman–Crippen LogP) is 0.540. The van der Waals surface area contributed by atoms with Gasteiger partial charge in [0.25, 0.3) is 0 Å². The molecule has 2 aliphatic rings. The van der Waals surface area contributed by atoms with Gasteiger partial charge < -0.3 is 10.6 Å². The van der Waals surface area contributed by atoms with Crippen LogP contribution in [0.25, 0.3) is 0 Å². The van der Waals surface area contributed by atoms with Crippen molar-refractivity contribution in [1.82, 2.24) is 15.0 Å². The fourth-order valence-corrected chi connectivity index (χ4v) is 2.15. The van der Waals surface area contributed by atoms with Crippen molar-refractivity contribution in [3.05, 3.63) is 6.20 Å². The van der Waals surface area contributed by atoms with Crippen molar-refractivity contribution in [3.63, 3.8) is 0 Å². The van der Waals surface area contributed by atoms with Crippen molar-refractivity contribution in [1.29, 1.82) is 0 Å². The molecule has 5 nitrogen and oxygen atoms in total. The van der Waals surface area contributed by atoms with Gasteiger partial charge in [0.1, 0.15) is 0 Å². The van der Waals surface area contributed by atoms with Crippen LogP contribution in [0.4, 0.5) is 5.82 Å². The summed E-state index contributed by atoms with van der Waals surface area (Å²) in [5.41, 5.74) is 5.94. The first-order valence-corrected chi connectivity index (χ1v) is 5.75. The van der Waals surface area contributed by atoms with Gasteiger partial charge in [0, 0.05) is 19.1 Å². The third-order valence-corrected chi connectivity index (χ3v) is 3.20. The molecule has 0 radical (unpaired) electrons. The molecule has 0 spiro atoms. The number of rotatable bonds is 2. The van der Waals surface area contributed by atoms with Crippen LogP contribution < -0.4 is 10.6 Å². The van der Waals surface area contributed by atoms with Crippen molar-refractivity contribution >= 4 is 5.82 Å². The molecule has 1 aliphatic carbocycles. The van der Waals surface area contributed by atoms with Gasteiger partial charge in [-0.3, -0.25) is 0 Å². The number of nitrogens with two attached hydrogens (primary N) is 1. The topological polar surface area (TPSA) is 60.0 Å². The second-order valence-electron chi connectivity index (χ2n) is 4.64. The first kappa shape index (κ1) is 9.15. The Morgan fingerprint density at radius 3 is 2.93 bits per heavy atom. The number of aromatic nitrogens is 3. The van der Waals surface area contributed by atoms with Crippen LogP contribution in [-0.4, -0.2) is 34.1 Å². The highest BCUT2D eigenvalue weighted by atomic mass is 15.5. The molecule has 1 atom stereocenters. The van der Waals surface area contributed by atoms with E-state index in [0.29, 0.717) is 12.1 Å². The third kappa shape index (κ3) is 1.84. The van der Waals surface area contributed by atoms with Crippen LogP contribution in [0.2, 0.25) is 0 Å². The smallest absolute Gasteiger partial charge is 0.171 e. The van der Waals surface area contributed by atoms with Crippen molar-refractivity contribution in [2.75, 3.05) is 18.0 Å². The summed E-state index contributed by atoms with van der Waals surface area (Å²) in [6.45, 7) is 1.99. The van der Waals surface area contributed by atoms with E-state index in [1.54, 1.807) is 0 Å². The molecule has 2 fully saturated rings. The van der Waals surface area contributed by atoms with E-state index in [9.17, 15) is 0 Å². The van der Waals surface area contributed by atoms with E-state index in [4.69, 9.17) is 5.73 Å². The van der Waals surface area contributed by atoms with Gasteiger partial charge in [-0.1, -0.05) is 5.21 Å². The normalized spacial score (nSPS) is 27.0. The van der Waals surface area contributed by atoms with Gasteiger partial charge >= 0.3 is 0 Å². The average Bonchev–Trinajstić information content (AvgIpc) is 2.97. The Labute approximate surface area is 89.2 Å². The summed E-state index contributed by atoms with van der Waals surface area (Å²) in [4.78, 5) is 2.25. The van der Waals surface area contributed by atoms with E-state index in [1.807, 2.05) is 4.68 Å². The Balaban J connectivity index is 1.73. The number of hydrogen-bond donors (Lipinski definition) is 1. The minimum absolute atomic E-state index is 0.296. The number of hydrogen-bond acceptors (Lipinski definition) is 4. The summed E-state index contributed by atoms with van der Waals surface area (Å²) in [5, 5.41) is 8.38. The quantitative estimate of drug-likeness (QED) is 0.769. The van der Waals surface area contributed by atoms with E-state index in [-0.39, 0.29) is 0 Å². The van der Waals surface area contributed by atoms with Gasteiger partial charge in [-0.15, -0.1) is 5.10 Å². The van der Waals surface area contributed by atoms with Crippen LogP contribution in [0.1, 0.15) is 31.7 Å². The van der Waals surface area contributed by atoms with Gasteiger partial charge in [-0.25, -0.2) is 4.68 Å². The van der Waals surface area contributed by atoms with Crippen molar-refractivity contribution < 1.29 is 0 Å². The molecule has 15 heavy (non-hydrogen) atoms. The SMILES string of the molecule is N[C@H]1CCCN(c2cn(C3CC3)nn2)C1. The zero-order chi connectivity index (χ0) is 10.3. The third-order valence-electron chi connectivity index (χ3n) is 3.20. The maximum absolute atomic E-state index is 5.94.